The van der Waals surface area contributed by atoms with Crippen LogP contribution < -0.4 is 5.73 Å². The standard InChI is InChI=1S/C12H18N2O3S/c1-9-4-7-17-11(9)12(15)14(6-8-16-2)5-3-10(13)18/h4,7H,3,5-6,8H2,1-2H3,(H2,13,18). The molecule has 0 aliphatic heterocycles. The van der Waals surface area contributed by atoms with Gasteiger partial charge in [0.25, 0.3) is 5.91 Å². The lowest BCUT2D eigenvalue weighted by atomic mass is 10.2. The van der Waals surface area contributed by atoms with Crippen molar-refractivity contribution in [2.45, 2.75) is 13.3 Å². The zero-order valence-corrected chi connectivity index (χ0v) is 11.5. The molecule has 5 nitrogen and oxygen atoms in total. The lowest BCUT2D eigenvalue weighted by molar-refractivity contribution is 0.0669. The monoisotopic (exact) mass is 270 g/mol. The Kier molecular flexibility index (Phi) is 5.80. The molecule has 0 saturated heterocycles. The van der Waals surface area contributed by atoms with Crippen molar-refractivity contribution in [3.8, 4) is 0 Å². The van der Waals surface area contributed by atoms with Crippen molar-refractivity contribution in [2.75, 3.05) is 26.8 Å². The fraction of sp³-hybridized carbons (Fsp3) is 0.500. The maximum absolute atomic E-state index is 12.2. The van der Waals surface area contributed by atoms with Crippen LogP contribution in [0.15, 0.2) is 16.7 Å². The summed E-state index contributed by atoms with van der Waals surface area (Å²) in [5.74, 6) is 0.194. The van der Waals surface area contributed by atoms with Crippen LogP contribution in [0.5, 0.6) is 0 Å². The predicted molar refractivity (Wildman–Crippen MR) is 72.6 cm³/mol. The molecule has 0 unspecified atom stereocenters. The molecule has 0 aliphatic carbocycles. The summed E-state index contributed by atoms with van der Waals surface area (Å²) in [6.45, 7) is 3.25. The molecule has 0 aliphatic rings. The summed E-state index contributed by atoms with van der Waals surface area (Å²) in [4.78, 5) is 14.3. The van der Waals surface area contributed by atoms with Gasteiger partial charge in [0.2, 0.25) is 0 Å². The van der Waals surface area contributed by atoms with Crippen molar-refractivity contribution in [2.24, 2.45) is 5.73 Å². The van der Waals surface area contributed by atoms with Crippen LogP contribution in [-0.2, 0) is 4.74 Å². The third kappa shape index (κ3) is 4.12. The number of nitrogens with zero attached hydrogens (tertiary/aromatic N) is 1. The molecule has 100 valence electrons. The second-order valence-corrected chi connectivity index (χ2v) is 4.46. The lowest BCUT2D eigenvalue weighted by Gasteiger charge is -2.21. The van der Waals surface area contributed by atoms with Gasteiger partial charge >= 0.3 is 0 Å². The molecule has 1 aromatic heterocycles. The first-order chi connectivity index (χ1) is 8.56. The van der Waals surface area contributed by atoms with E-state index < -0.39 is 0 Å². The Morgan fingerprint density at radius 2 is 2.28 bits per heavy atom. The van der Waals surface area contributed by atoms with E-state index in [1.54, 1.807) is 18.1 Å². The average molecular weight is 270 g/mol. The number of carbonyl (C=O) groups is 1. The van der Waals surface area contributed by atoms with Gasteiger partial charge in [-0.25, -0.2) is 0 Å². The number of carbonyl (C=O) groups excluding carboxylic acids is 1. The van der Waals surface area contributed by atoms with E-state index in [9.17, 15) is 4.79 Å². The van der Waals surface area contributed by atoms with Crippen molar-refractivity contribution in [1.82, 2.24) is 4.90 Å². The molecule has 0 spiro atoms. The number of nitrogens with two attached hydrogens (primary N) is 1. The van der Waals surface area contributed by atoms with Gasteiger partial charge in [-0.3, -0.25) is 4.79 Å². The zero-order valence-electron chi connectivity index (χ0n) is 10.6. The number of thiocarbonyl (C=S) groups is 1. The molecule has 0 saturated carbocycles. The fourth-order valence-electron chi connectivity index (χ4n) is 1.50. The third-order valence-corrected chi connectivity index (χ3v) is 2.74. The van der Waals surface area contributed by atoms with Gasteiger partial charge in [0.1, 0.15) is 0 Å². The molecule has 1 aromatic rings. The average Bonchev–Trinajstić information content (AvgIpc) is 2.74. The van der Waals surface area contributed by atoms with Crippen molar-refractivity contribution in [3.63, 3.8) is 0 Å². The van der Waals surface area contributed by atoms with Gasteiger partial charge in [-0.05, 0) is 13.0 Å². The molecule has 1 heterocycles. The van der Waals surface area contributed by atoms with Gasteiger partial charge in [-0.1, -0.05) is 12.2 Å². The molecule has 1 rings (SSSR count). The number of hydrogen-bond acceptors (Lipinski definition) is 4. The van der Waals surface area contributed by atoms with Gasteiger partial charge in [0, 0.05) is 32.2 Å². The van der Waals surface area contributed by atoms with E-state index in [-0.39, 0.29) is 5.91 Å². The Morgan fingerprint density at radius 1 is 1.56 bits per heavy atom. The highest BCUT2D eigenvalue weighted by Crippen LogP contribution is 2.12. The second kappa shape index (κ2) is 7.13. The van der Waals surface area contributed by atoms with Gasteiger partial charge in [-0.15, -0.1) is 0 Å². The Hall–Kier alpha value is -1.40. The minimum atomic E-state index is -0.161. The highest BCUT2D eigenvalue weighted by atomic mass is 32.1. The Labute approximate surface area is 112 Å². The summed E-state index contributed by atoms with van der Waals surface area (Å²) in [6.07, 6.45) is 2.00. The number of furan rings is 1. The Bertz CT molecular complexity index is 417. The fourth-order valence-corrected chi connectivity index (χ4v) is 1.59. The summed E-state index contributed by atoms with van der Waals surface area (Å²) in [5.41, 5.74) is 6.27. The largest absolute Gasteiger partial charge is 0.459 e. The quantitative estimate of drug-likeness (QED) is 0.757. The van der Waals surface area contributed by atoms with Crippen LogP contribution in [0.25, 0.3) is 0 Å². The minimum absolute atomic E-state index is 0.161. The molecule has 0 radical (unpaired) electrons. The van der Waals surface area contributed by atoms with Crippen LogP contribution in [0.1, 0.15) is 22.5 Å². The maximum Gasteiger partial charge on any atom is 0.289 e. The molecular weight excluding hydrogens is 252 g/mol. The van der Waals surface area contributed by atoms with Gasteiger partial charge in [0.15, 0.2) is 5.76 Å². The van der Waals surface area contributed by atoms with Gasteiger partial charge < -0.3 is 19.8 Å². The molecule has 0 aromatic carbocycles. The van der Waals surface area contributed by atoms with E-state index in [4.69, 9.17) is 27.1 Å². The van der Waals surface area contributed by atoms with Crippen molar-refractivity contribution >= 4 is 23.1 Å². The van der Waals surface area contributed by atoms with E-state index in [0.29, 0.717) is 36.9 Å². The predicted octanol–water partition coefficient (Wildman–Crippen LogP) is 1.35. The number of rotatable bonds is 7. The van der Waals surface area contributed by atoms with Crippen LogP contribution in [0.2, 0.25) is 0 Å². The number of aryl methyl sites for hydroxylation is 1. The number of methoxy groups -OCH3 is 1. The number of ether oxygens (including phenoxy) is 1. The van der Waals surface area contributed by atoms with Gasteiger partial charge in [-0.2, -0.15) is 0 Å². The summed E-state index contributed by atoms with van der Waals surface area (Å²) in [6, 6.07) is 1.76. The van der Waals surface area contributed by atoms with Crippen LogP contribution in [-0.4, -0.2) is 42.6 Å². The van der Waals surface area contributed by atoms with E-state index in [0.717, 1.165) is 5.56 Å². The highest BCUT2D eigenvalue weighted by Gasteiger charge is 2.20. The first kappa shape index (κ1) is 14.7. The molecule has 1 amide bonds. The summed E-state index contributed by atoms with van der Waals surface area (Å²) < 4.78 is 10.2. The van der Waals surface area contributed by atoms with Crippen molar-refractivity contribution in [3.05, 3.63) is 23.7 Å². The smallest absolute Gasteiger partial charge is 0.289 e. The minimum Gasteiger partial charge on any atom is -0.459 e. The number of amides is 1. The van der Waals surface area contributed by atoms with Crippen molar-refractivity contribution in [1.29, 1.82) is 0 Å². The lowest BCUT2D eigenvalue weighted by Crippen LogP contribution is -2.36. The highest BCUT2D eigenvalue weighted by molar-refractivity contribution is 7.80. The van der Waals surface area contributed by atoms with E-state index in [1.165, 1.54) is 6.26 Å². The van der Waals surface area contributed by atoms with E-state index in [2.05, 4.69) is 0 Å². The Morgan fingerprint density at radius 3 is 2.78 bits per heavy atom. The summed E-state index contributed by atoms with van der Waals surface area (Å²) in [7, 11) is 1.59. The first-order valence-corrected chi connectivity index (χ1v) is 6.07. The van der Waals surface area contributed by atoms with Crippen molar-refractivity contribution < 1.29 is 13.9 Å². The molecule has 2 N–H and O–H groups in total. The summed E-state index contributed by atoms with van der Waals surface area (Å²) in [5, 5.41) is 0. The van der Waals surface area contributed by atoms with E-state index >= 15 is 0 Å². The molecule has 0 bridgehead atoms. The third-order valence-electron chi connectivity index (χ3n) is 2.54. The topological polar surface area (TPSA) is 68.7 Å². The Balaban J connectivity index is 2.72. The normalized spacial score (nSPS) is 10.3. The molecule has 0 atom stereocenters. The van der Waals surface area contributed by atoms with Crippen LogP contribution in [0, 0.1) is 6.92 Å². The first-order valence-electron chi connectivity index (χ1n) is 5.67. The molecule has 0 fully saturated rings. The van der Waals surface area contributed by atoms with Crippen LogP contribution >= 0.6 is 12.2 Å². The second-order valence-electron chi connectivity index (χ2n) is 3.93. The van der Waals surface area contributed by atoms with E-state index in [1.807, 2.05) is 6.92 Å². The molecular formula is C12H18N2O3S. The maximum atomic E-state index is 12.2. The molecule has 6 heteroatoms. The SMILES string of the molecule is COCCN(CCC(N)=S)C(=O)c1occc1C. The number of hydrogen-bond donors (Lipinski definition) is 1. The molecule has 18 heavy (non-hydrogen) atoms. The van der Waals surface area contributed by atoms with Gasteiger partial charge in [0.05, 0.1) is 17.9 Å². The zero-order chi connectivity index (χ0) is 13.5. The summed E-state index contributed by atoms with van der Waals surface area (Å²) >= 11 is 4.82. The van der Waals surface area contributed by atoms with Crippen LogP contribution in [0.3, 0.4) is 0 Å². The van der Waals surface area contributed by atoms with Crippen LogP contribution in [0.4, 0.5) is 0 Å².